The van der Waals surface area contributed by atoms with Crippen molar-refractivity contribution in [3.05, 3.63) is 34.4 Å². The molecule has 1 rings (SSSR count). The van der Waals surface area contributed by atoms with Gasteiger partial charge in [-0.2, -0.15) is 0 Å². The minimum Gasteiger partial charge on any atom is -0.0654 e. The van der Waals surface area contributed by atoms with Crippen LogP contribution >= 0.6 is 0 Å². The average Bonchev–Trinajstić information content (AvgIpc) is 2.85. The predicted molar refractivity (Wildman–Crippen MR) is 156 cm³/mol. The first-order valence-corrected chi connectivity index (χ1v) is 15.9. The van der Waals surface area contributed by atoms with Crippen molar-refractivity contribution in [1.29, 1.82) is 0 Å². The number of hydrogen-bond acceptors (Lipinski definition) is 0. The predicted octanol–water partition coefficient (Wildman–Crippen LogP) is 11.7. The summed E-state index contributed by atoms with van der Waals surface area (Å²) in [4.78, 5) is 0. The van der Waals surface area contributed by atoms with Crippen molar-refractivity contribution in [2.24, 2.45) is 0 Å². The molecule has 0 aromatic heterocycles. The Bertz CT molecular complexity index is 570. The molecule has 0 heteroatoms. The maximum atomic E-state index is 2.56. The van der Waals surface area contributed by atoms with E-state index < -0.39 is 0 Å². The molecule has 0 aliphatic carbocycles. The number of hydrogen-bond donors (Lipinski definition) is 0. The van der Waals surface area contributed by atoms with Crippen molar-refractivity contribution >= 4 is 0 Å². The summed E-state index contributed by atoms with van der Waals surface area (Å²) in [5, 5.41) is 0. The van der Waals surface area contributed by atoms with Crippen LogP contribution in [-0.2, 0) is 25.7 Å². The van der Waals surface area contributed by atoms with Gasteiger partial charge in [0.2, 0.25) is 0 Å². The lowest BCUT2D eigenvalue weighted by Crippen LogP contribution is -2.07. The largest absolute Gasteiger partial charge is 0.0654 e. The van der Waals surface area contributed by atoms with Gasteiger partial charge >= 0.3 is 0 Å². The summed E-state index contributed by atoms with van der Waals surface area (Å²) in [5.41, 5.74) is 7.02. The summed E-state index contributed by atoms with van der Waals surface area (Å²) >= 11 is 0. The second-order valence-corrected chi connectivity index (χ2v) is 11.0. The fourth-order valence-corrected chi connectivity index (χ4v) is 5.53. The third-order valence-electron chi connectivity index (χ3n) is 7.79. The second-order valence-electron chi connectivity index (χ2n) is 11.0. The highest BCUT2D eigenvalue weighted by atomic mass is 14.2. The lowest BCUT2D eigenvalue weighted by Gasteiger charge is -2.20. The van der Waals surface area contributed by atoms with Crippen molar-refractivity contribution in [2.75, 3.05) is 0 Å². The van der Waals surface area contributed by atoms with E-state index in [-0.39, 0.29) is 0 Å². The standard InChI is InChI=1S/C34H62/c1-5-9-13-16-19-22-26-32-30-29-31(25-21-12-8-4)33(27-23-18-15-11-7-3)34(32)28-24-20-17-14-10-6-2/h29-30H,5-28H2,1-4H3. The Morgan fingerprint density at radius 1 is 0.324 bits per heavy atom. The quantitative estimate of drug-likeness (QED) is 0.132. The highest BCUT2D eigenvalue weighted by Gasteiger charge is 2.13. The van der Waals surface area contributed by atoms with Crippen LogP contribution in [0, 0.1) is 0 Å². The Hall–Kier alpha value is -0.780. The van der Waals surface area contributed by atoms with Gasteiger partial charge in [0.25, 0.3) is 0 Å². The summed E-state index contributed by atoms with van der Waals surface area (Å²) < 4.78 is 0. The highest BCUT2D eigenvalue weighted by molar-refractivity contribution is 5.42. The smallest absolute Gasteiger partial charge is 0.0273 e. The van der Waals surface area contributed by atoms with Crippen LogP contribution in [0.5, 0.6) is 0 Å². The zero-order valence-electron chi connectivity index (χ0n) is 24.1. The molecule has 34 heavy (non-hydrogen) atoms. The number of rotatable bonds is 24. The molecular weight excluding hydrogens is 408 g/mol. The van der Waals surface area contributed by atoms with Gasteiger partial charge in [-0.1, -0.05) is 143 Å². The average molecular weight is 471 g/mol. The molecule has 0 saturated heterocycles. The molecule has 0 fully saturated rings. The third-order valence-corrected chi connectivity index (χ3v) is 7.79. The first kappa shape index (κ1) is 31.3. The first-order valence-electron chi connectivity index (χ1n) is 15.9. The molecule has 0 saturated carbocycles. The van der Waals surface area contributed by atoms with E-state index in [1.54, 1.807) is 22.3 Å². The highest BCUT2D eigenvalue weighted by Crippen LogP contribution is 2.28. The fourth-order valence-electron chi connectivity index (χ4n) is 5.53. The molecule has 0 nitrogen and oxygen atoms in total. The van der Waals surface area contributed by atoms with Crippen LogP contribution < -0.4 is 0 Å². The molecule has 1 aromatic rings. The van der Waals surface area contributed by atoms with Crippen LogP contribution in [0.2, 0.25) is 0 Å². The van der Waals surface area contributed by atoms with Crippen LogP contribution in [0.25, 0.3) is 0 Å². The zero-order valence-corrected chi connectivity index (χ0v) is 24.1. The van der Waals surface area contributed by atoms with E-state index in [4.69, 9.17) is 0 Å². The lowest BCUT2D eigenvalue weighted by atomic mass is 9.85. The Labute approximate surface area is 216 Å². The number of unbranched alkanes of at least 4 members (excludes halogenated alkanes) is 16. The number of aryl methyl sites for hydroxylation is 2. The van der Waals surface area contributed by atoms with Crippen LogP contribution in [0.1, 0.15) is 178 Å². The minimum atomic E-state index is 1.30. The van der Waals surface area contributed by atoms with Crippen molar-refractivity contribution in [2.45, 2.75) is 182 Å². The van der Waals surface area contributed by atoms with Gasteiger partial charge in [-0.15, -0.1) is 0 Å². The van der Waals surface area contributed by atoms with E-state index in [2.05, 4.69) is 39.8 Å². The molecule has 0 atom stereocenters. The van der Waals surface area contributed by atoms with Gasteiger partial charge in [-0.3, -0.25) is 0 Å². The van der Waals surface area contributed by atoms with Gasteiger partial charge in [0, 0.05) is 0 Å². The van der Waals surface area contributed by atoms with Crippen LogP contribution in [-0.4, -0.2) is 0 Å². The summed E-state index contributed by atoms with van der Waals surface area (Å²) in [6.45, 7) is 9.31. The Kier molecular flexibility index (Phi) is 20.8. The molecule has 1 aromatic carbocycles. The molecule has 0 aliphatic heterocycles. The minimum absolute atomic E-state index is 1.30. The normalized spacial score (nSPS) is 11.4. The number of benzene rings is 1. The summed E-state index contributed by atoms with van der Waals surface area (Å²) in [6.07, 6.45) is 33.2. The van der Waals surface area contributed by atoms with Gasteiger partial charge < -0.3 is 0 Å². The van der Waals surface area contributed by atoms with Crippen molar-refractivity contribution < 1.29 is 0 Å². The summed E-state index contributed by atoms with van der Waals surface area (Å²) in [5.74, 6) is 0. The maximum absolute atomic E-state index is 2.56. The van der Waals surface area contributed by atoms with E-state index in [0.29, 0.717) is 0 Å². The van der Waals surface area contributed by atoms with E-state index in [1.807, 2.05) is 0 Å². The van der Waals surface area contributed by atoms with Crippen molar-refractivity contribution in [3.8, 4) is 0 Å². The van der Waals surface area contributed by atoms with Gasteiger partial charge in [0.1, 0.15) is 0 Å². The first-order chi connectivity index (χ1) is 16.8. The monoisotopic (exact) mass is 470 g/mol. The topological polar surface area (TPSA) is 0 Å². The maximum Gasteiger partial charge on any atom is -0.0273 e. The Morgan fingerprint density at radius 3 is 0.971 bits per heavy atom. The van der Waals surface area contributed by atoms with E-state index >= 15 is 0 Å². The molecule has 0 spiro atoms. The molecular formula is C34H62. The fraction of sp³-hybridized carbons (Fsp3) is 0.824. The van der Waals surface area contributed by atoms with Crippen molar-refractivity contribution in [1.82, 2.24) is 0 Å². The summed E-state index contributed by atoms with van der Waals surface area (Å²) in [7, 11) is 0. The molecule has 0 amide bonds. The third kappa shape index (κ3) is 14.6. The van der Waals surface area contributed by atoms with E-state index in [0.717, 1.165) is 0 Å². The second kappa shape index (κ2) is 22.7. The molecule has 0 radical (unpaired) electrons. The molecule has 0 bridgehead atoms. The lowest BCUT2D eigenvalue weighted by molar-refractivity contribution is 0.594. The SMILES string of the molecule is CCCCCCCCc1ccc(CCCCC)c(CCCCCCC)c1CCCCCCCC. The van der Waals surface area contributed by atoms with Gasteiger partial charge in [0.15, 0.2) is 0 Å². The zero-order chi connectivity index (χ0) is 24.7. The van der Waals surface area contributed by atoms with Crippen LogP contribution in [0.3, 0.4) is 0 Å². The Balaban J connectivity index is 2.91. The molecule has 198 valence electrons. The molecule has 0 heterocycles. The Morgan fingerprint density at radius 2 is 0.588 bits per heavy atom. The molecule has 0 N–H and O–H groups in total. The summed E-state index contributed by atoms with van der Waals surface area (Å²) in [6, 6.07) is 5.11. The van der Waals surface area contributed by atoms with E-state index in [9.17, 15) is 0 Å². The van der Waals surface area contributed by atoms with E-state index in [1.165, 1.54) is 154 Å². The van der Waals surface area contributed by atoms with Gasteiger partial charge in [-0.05, 0) is 73.6 Å². The van der Waals surface area contributed by atoms with Gasteiger partial charge in [0.05, 0.1) is 0 Å². The van der Waals surface area contributed by atoms with Crippen LogP contribution in [0.15, 0.2) is 12.1 Å². The van der Waals surface area contributed by atoms with Crippen molar-refractivity contribution in [3.63, 3.8) is 0 Å². The molecule has 0 unspecified atom stereocenters. The molecule has 0 aliphatic rings. The van der Waals surface area contributed by atoms with Crippen LogP contribution in [0.4, 0.5) is 0 Å². The van der Waals surface area contributed by atoms with Gasteiger partial charge in [-0.25, -0.2) is 0 Å².